The van der Waals surface area contributed by atoms with Gasteiger partial charge in [-0.3, -0.25) is 9.59 Å². The van der Waals surface area contributed by atoms with E-state index in [4.69, 9.17) is 22.2 Å². The standard InChI is InChI=1S/C20H19N3O3S/c21-14-16-8-4-5-9-17(16)22-20(27)23-18(24)10-11-19(25)26-13-12-15-6-2-1-3-7-15/h1-9H,10-13H2,(H2,22,23,24,27). The summed E-state index contributed by atoms with van der Waals surface area (Å²) in [6.07, 6.45) is 0.564. The fraction of sp³-hybridized carbons (Fsp3) is 0.200. The smallest absolute Gasteiger partial charge is 0.306 e. The molecule has 6 nitrogen and oxygen atoms in total. The number of hydrogen-bond acceptors (Lipinski definition) is 5. The first-order valence-electron chi connectivity index (χ1n) is 8.38. The molecule has 0 atom stereocenters. The van der Waals surface area contributed by atoms with Crippen LogP contribution in [0.5, 0.6) is 0 Å². The minimum Gasteiger partial charge on any atom is -0.465 e. The van der Waals surface area contributed by atoms with Crippen LogP contribution in [0.2, 0.25) is 0 Å². The highest BCUT2D eigenvalue weighted by molar-refractivity contribution is 7.80. The van der Waals surface area contributed by atoms with E-state index in [1.807, 2.05) is 36.4 Å². The third kappa shape index (κ3) is 7.26. The number of hydrogen-bond donors (Lipinski definition) is 2. The maximum atomic E-state index is 11.9. The summed E-state index contributed by atoms with van der Waals surface area (Å²) in [6, 6.07) is 18.5. The highest BCUT2D eigenvalue weighted by Gasteiger charge is 2.10. The third-order valence-electron chi connectivity index (χ3n) is 3.60. The Morgan fingerprint density at radius 2 is 1.74 bits per heavy atom. The number of nitriles is 1. The number of benzene rings is 2. The van der Waals surface area contributed by atoms with E-state index in [1.54, 1.807) is 24.3 Å². The summed E-state index contributed by atoms with van der Waals surface area (Å²) in [4.78, 5) is 23.6. The van der Waals surface area contributed by atoms with Crippen molar-refractivity contribution in [2.24, 2.45) is 0 Å². The molecule has 1 amide bonds. The van der Waals surface area contributed by atoms with E-state index in [0.29, 0.717) is 17.7 Å². The molecule has 0 spiro atoms. The number of thiocarbonyl (C=S) groups is 1. The van der Waals surface area contributed by atoms with E-state index >= 15 is 0 Å². The van der Waals surface area contributed by atoms with Crippen LogP contribution >= 0.6 is 12.2 Å². The minimum atomic E-state index is -0.435. The lowest BCUT2D eigenvalue weighted by Gasteiger charge is -2.10. The zero-order chi connectivity index (χ0) is 19.5. The predicted octanol–water partition coefficient (Wildman–Crippen LogP) is 2.94. The number of anilines is 1. The van der Waals surface area contributed by atoms with Crippen molar-refractivity contribution >= 4 is 34.9 Å². The summed E-state index contributed by atoms with van der Waals surface area (Å²) in [5, 5.41) is 14.4. The molecule has 0 aliphatic carbocycles. The molecule has 0 aromatic heterocycles. The van der Waals surface area contributed by atoms with Gasteiger partial charge < -0.3 is 15.4 Å². The quantitative estimate of drug-likeness (QED) is 0.566. The van der Waals surface area contributed by atoms with E-state index in [-0.39, 0.29) is 24.6 Å². The Morgan fingerprint density at radius 1 is 1.04 bits per heavy atom. The first kappa shape index (κ1) is 20.1. The second-order valence-corrected chi connectivity index (χ2v) is 6.02. The summed E-state index contributed by atoms with van der Waals surface area (Å²) in [6.45, 7) is 0.273. The Balaban J connectivity index is 1.67. The van der Waals surface area contributed by atoms with E-state index in [9.17, 15) is 9.59 Å². The summed E-state index contributed by atoms with van der Waals surface area (Å²) < 4.78 is 5.12. The summed E-state index contributed by atoms with van der Waals surface area (Å²) in [5.74, 6) is -0.836. The van der Waals surface area contributed by atoms with Crippen molar-refractivity contribution in [2.75, 3.05) is 11.9 Å². The maximum Gasteiger partial charge on any atom is 0.306 e. The van der Waals surface area contributed by atoms with Gasteiger partial charge in [-0.05, 0) is 29.9 Å². The van der Waals surface area contributed by atoms with E-state index < -0.39 is 11.9 Å². The molecule has 0 unspecified atom stereocenters. The topological polar surface area (TPSA) is 91.2 Å². The number of esters is 1. The van der Waals surface area contributed by atoms with Gasteiger partial charge in [0.05, 0.1) is 24.3 Å². The third-order valence-corrected chi connectivity index (χ3v) is 3.81. The molecule has 0 saturated carbocycles. The molecule has 0 fully saturated rings. The molecule has 0 radical (unpaired) electrons. The van der Waals surface area contributed by atoms with Crippen molar-refractivity contribution in [1.82, 2.24) is 5.32 Å². The molecule has 7 heteroatoms. The molecule has 0 heterocycles. The van der Waals surface area contributed by atoms with E-state index in [2.05, 4.69) is 10.6 Å². The Labute approximate surface area is 163 Å². The fourth-order valence-electron chi connectivity index (χ4n) is 2.25. The van der Waals surface area contributed by atoms with Gasteiger partial charge in [-0.2, -0.15) is 5.26 Å². The summed E-state index contributed by atoms with van der Waals surface area (Å²) >= 11 is 5.06. The van der Waals surface area contributed by atoms with Gasteiger partial charge in [0, 0.05) is 12.8 Å². The average Bonchev–Trinajstić information content (AvgIpc) is 2.67. The first-order chi connectivity index (χ1) is 13.1. The highest BCUT2D eigenvalue weighted by Crippen LogP contribution is 2.13. The molecular weight excluding hydrogens is 362 g/mol. The molecular formula is C20H19N3O3S. The van der Waals surface area contributed by atoms with Crippen LogP contribution in [0.25, 0.3) is 0 Å². The van der Waals surface area contributed by atoms with Gasteiger partial charge >= 0.3 is 5.97 Å². The van der Waals surface area contributed by atoms with Gasteiger partial charge in [0.1, 0.15) is 6.07 Å². The Kier molecular flexibility index (Phi) is 7.94. The summed E-state index contributed by atoms with van der Waals surface area (Å²) in [7, 11) is 0. The van der Waals surface area contributed by atoms with Gasteiger partial charge in [-0.1, -0.05) is 42.5 Å². The molecule has 0 aliphatic heterocycles. The Bertz CT molecular complexity index is 847. The number of rotatable bonds is 7. The Hall–Kier alpha value is -3.24. The predicted molar refractivity (Wildman–Crippen MR) is 106 cm³/mol. The normalized spacial score (nSPS) is 9.74. The van der Waals surface area contributed by atoms with Crippen LogP contribution < -0.4 is 10.6 Å². The number of nitrogens with zero attached hydrogens (tertiary/aromatic N) is 1. The van der Waals surface area contributed by atoms with E-state index in [0.717, 1.165) is 5.56 Å². The lowest BCUT2D eigenvalue weighted by atomic mass is 10.2. The largest absolute Gasteiger partial charge is 0.465 e. The summed E-state index contributed by atoms with van der Waals surface area (Å²) in [5.41, 5.74) is 2.00. The second kappa shape index (κ2) is 10.7. The monoisotopic (exact) mass is 381 g/mol. The van der Waals surface area contributed by atoms with Gasteiger partial charge in [0.25, 0.3) is 0 Å². The van der Waals surface area contributed by atoms with E-state index in [1.165, 1.54) is 0 Å². The molecule has 27 heavy (non-hydrogen) atoms. The van der Waals surface area contributed by atoms with Crippen molar-refractivity contribution in [2.45, 2.75) is 19.3 Å². The zero-order valence-electron chi connectivity index (χ0n) is 14.6. The van der Waals surface area contributed by atoms with Gasteiger partial charge in [0.2, 0.25) is 5.91 Å². The second-order valence-electron chi connectivity index (χ2n) is 5.62. The number of carbonyl (C=O) groups is 2. The molecule has 2 aromatic carbocycles. The number of carbonyl (C=O) groups excluding carboxylic acids is 2. The number of nitrogens with one attached hydrogen (secondary N) is 2. The minimum absolute atomic E-state index is 0.0297. The van der Waals surface area contributed by atoms with Crippen LogP contribution in [0.3, 0.4) is 0 Å². The molecule has 2 rings (SSSR count). The van der Waals surface area contributed by atoms with Crippen molar-refractivity contribution in [3.05, 3.63) is 65.7 Å². The highest BCUT2D eigenvalue weighted by atomic mass is 32.1. The first-order valence-corrected chi connectivity index (χ1v) is 8.79. The van der Waals surface area contributed by atoms with Crippen LogP contribution in [0.15, 0.2) is 54.6 Å². The van der Waals surface area contributed by atoms with Crippen molar-refractivity contribution in [3.8, 4) is 6.07 Å². The van der Waals surface area contributed by atoms with Crippen molar-refractivity contribution in [1.29, 1.82) is 5.26 Å². The molecule has 0 saturated heterocycles. The molecule has 0 aliphatic rings. The van der Waals surface area contributed by atoms with Crippen LogP contribution in [0.1, 0.15) is 24.0 Å². The molecule has 2 aromatic rings. The van der Waals surface area contributed by atoms with Crippen LogP contribution in [-0.2, 0) is 20.7 Å². The van der Waals surface area contributed by atoms with Gasteiger partial charge in [-0.25, -0.2) is 0 Å². The van der Waals surface area contributed by atoms with Crippen molar-refractivity contribution in [3.63, 3.8) is 0 Å². The van der Waals surface area contributed by atoms with Crippen LogP contribution in [-0.4, -0.2) is 23.6 Å². The van der Waals surface area contributed by atoms with Gasteiger partial charge in [-0.15, -0.1) is 0 Å². The number of ether oxygens (including phenoxy) is 1. The SMILES string of the molecule is N#Cc1ccccc1NC(=S)NC(=O)CCC(=O)OCCc1ccccc1. The van der Waals surface area contributed by atoms with Crippen LogP contribution in [0.4, 0.5) is 5.69 Å². The zero-order valence-corrected chi connectivity index (χ0v) is 15.4. The fourth-order valence-corrected chi connectivity index (χ4v) is 2.47. The molecule has 2 N–H and O–H groups in total. The molecule has 138 valence electrons. The average molecular weight is 381 g/mol. The lowest BCUT2D eigenvalue weighted by Crippen LogP contribution is -2.34. The van der Waals surface area contributed by atoms with Crippen molar-refractivity contribution < 1.29 is 14.3 Å². The number of amides is 1. The van der Waals surface area contributed by atoms with Gasteiger partial charge in [0.15, 0.2) is 5.11 Å². The number of para-hydroxylation sites is 1. The maximum absolute atomic E-state index is 11.9. The molecule has 0 bridgehead atoms. The Morgan fingerprint density at radius 3 is 2.48 bits per heavy atom. The lowest BCUT2D eigenvalue weighted by molar-refractivity contribution is -0.144. The van der Waals surface area contributed by atoms with Crippen LogP contribution in [0, 0.1) is 11.3 Å².